The summed E-state index contributed by atoms with van der Waals surface area (Å²) in [6.07, 6.45) is 0.677. The predicted octanol–water partition coefficient (Wildman–Crippen LogP) is 1.54. The fourth-order valence-corrected chi connectivity index (χ4v) is 2.55. The van der Waals surface area contributed by atoms with Gasteiger partial charge in [-0.2, -0.15) is 0 Å². The van der Waals surface area contributed by atoms with Crippen LogP contribution in [-0.4, -0.2) is 24.6 Å². The molecular formula is C14H15BrN2O3. The summed E-state index contributed by atoms with van der Waals surface area (Å²) >= 11 is 0. The number of methoxy groups -OCH3 is 1. The van der Waals surface area contributed by atoms with Gasteiger partial charge in [0, 0.05) is 17.8 Å². The van der Waals surface area contributed by atoms with Gasteiger partial charge in [0.05, 0.1) is 23.6 Å². The molecule has 0 spiro atoms. The van der Waals surface area contributed by atoms with E-state index < -0.39 is 5.97 Å². The summed E-state index contributed by atoms with van der Waals surface area (Å²) < 4.78 is 4.74. The number of ether oxygens (including phenoxy) is 1. The number of carbonyl (C=O) groups is 1. The monoisotopic (exact) mass is 338 g/mol. The number of aromatic amines is 1. The Morgan fingerprint density at radius 2 is 2.15 bits per heavy atom. The maximum absolute atomic E-state index is 12.6. The number of halogens is 1. The van der Waals surface area contributed by atoms with Gasteiger partial charge < -0.3 is 15.0 Å². The number of benzene rings is 1. The maximum atomic E-state index is 12.6. The molecule has 0 fully saturated rings. The van der Waals surface area contributed by atoms with Crippen molar-refractivity contribution in [3.05, 3.63) is 45.2 Å². The molecule has 3 rings (SSSR count). The Morgan fingerprint density at radius 3 is 2.90 bits per heavy atom. The average molecular weight is 339 g/mol. The summed E-state index contributed by atoms with van der Waals surface area (Å²) in [6.45, 7) is 1.44. The van der Waals surface area contributed by atoms with Crippen LogP contribution in [0.2, 0.25) is 0 Å². The molecule has 6 heteroatoms. The first-order valence-electron chi connectivity index (χ1n) is 6.18. The van der Waals surface area contributed by atoms with E-state index in [0.29, 0.717) is 29.4 Å². The van der Waals surface area contributed by atoms with Crippen LogP contribution in [0, 0.1) is 0 Å². The number of hydrogen-bond donors (Lipinski definition) is 2. The third-order valence-electron chi connectivity index (χ3n) is 3.47. The highest BCUT2D eigenvalue weighted by atomic mass is 79.9. The van der Waals surface area contributed by atoms with E-state index in [4.69, 9.17) is 4.74 Å². The lowest BCUT2D eigenvalue weighted by Crippen LogP contribution is -2.30. The lowest BCUT2D eigenvalue weighted by atomic mass is 10.00. The van der Waals surface area contributed by atoms with Gasteiger partial charge in [-0.3, -0.25) is 4.79 Å². The van der Waals surface area contributed by atoms with Crippen LogP contribution in [0.15, 0.2) is 23.0 Å². The molecule has 1 aromatic heterocycles. The molecule has 0 saturated carbocycles. The lowest BCUT2D eigenvalue weighted by Gasteiger charge is -2.17. The number of hydrogen-bond acceptors (Lipinski definition) is 4. The summed E-state index contributed by atoms with van der Waals surface area (Å²) in [4.78, 5) is 27.6. The smallest absolute Gasteiger partial charge is 0.338 e. The van der Waals surface area contributed by atoms with Gasteiger partial charge in [0.1, 0.15) is 0 Å². The van der Waals surface area contributed by atoms with Gasteiger partial charge in [0.25, 0.3) is 0 Å². The van der Waals surface area contributed by atoms with Crippen LogP contribution in [0.5, 0.6) is 0 Å². The van der Waals surface area contributed by atoms with Crippen molar-refractivity contribution < 1.29 is 9.53 Å². The van der Waals surface area contributed by atoms with Crippen LogP contribution >= 0.6 is 17.0 Å². The van der Waals surface area contributed by atoms with E-state index in [1.807, 2.05) is 0 Å². The number of fused-ring (bicyclic) bond motifs is 2. The van der Waals surface area contributed by atoms with Crippen LogP contribution in [-0.2, 0) is 17.7 Å². The standard InChI is InChI=1S/C14H14N2O3.BrH/c1-19-14(18)9-3-2-4-10-12(9)13(17)8-5-6-15-7-11(8)16-10;/h2-4,15H,5-7H2,1H3,(H,16,17);1H. The number of aromatic nitrogens is 1. The zero-order chi connectivity index (χ0) is 13.4. The quantitative estimate of drug-likeness (QED) is 0.773. The number of rotatable bonds is 1. The number of H-pyrrole nitrogens is 1. The average Bonchev–Trinajstić information content (AvgIpc) is 2.46. The third kappa shape index (κ3) is 2.25. The molecule has 0 saturated heterocycles. The Labute approximate surface area is 126 Å². The van der Waals surface area contributed by atoms with Crippen LogP contribution in [0.1, 0.15) is 21.6 Å². The minimum absolute atomic E-state index is 0. The Bertz CT molecular complexity index is 724. The predicted molar refractivity (Wildman–Crippen MR) is 81.6 cm³/mol. The van der Waals surface area contributed by atoms with Crippen molar-refractivity contribution in [2.24, 2.45) is 0 Å². The van der Waals surface area contributed by atoms with Gasteiger partial charge in [0.15, 0.2) is 5.43 Å². The van der Waals surface area contributed by atoms with Crippen molar-refractivity contribution in [3.8, 4) is 0 Å². The molecule has 106 valence electrons. The zero-order valence-electron chi connectivity index (χ0n) is 11.0. The van der Waals surface area contributed by atoms with Crippen molar-refractivity contribution in [2.45, 2.75) is 13.0 Å². The zero-order valence-corrected chi connectivity index (χ0v) is 12.7. The molecule has 0 aliphatic carbocycles. The van der Waals surface area contributed by atoms with Gasteiger partial charge >= 0.3 is 5.97 Å². The van der Waals surface area contributed by atoms with Gasteiger partial charge in [0.2, 0.25) is 0 Å². The van der Waals surface area contributed by atoms with Gasteiger partial charge in [-0.25, -0.2) is 4.79 Å². The van der Waals surface area contributed by atoms with Crippen LogP contribution in [0.25, 0.3) is 10.9 Å². The minimum Gasteiger partial charge on any atom is -0.465 e. The first-order chi connectivity index (χ1) is 9.22. The summed E-state index contributed by atoms with van der Waals surface area (Å²) in [5.41, 5.74) is 2.61. The number of esters is 1. The van der Waals surface area contributed by atoms with Crippen molar-refractivity contribution in [2.75, 3.05) is 13.7 Å². The van der Waals surface area contributed by atoms with E-state index in [0.717, 1.165) is 17.8 Å². The van der Waals surface area contributed by atoms with Crippen LogP contribution in [0.4, 0.5) is 0 Å². The van der Waals surface area contributed by atoms with Crippen molar-refractivity contribution in [1.82, 2.24) is 10.3 Å². The number of carbonyl (C=O) groups excluding carboxylic acids is 1. The van der Waals surface area contributed by atoms with Crippen LogP contribution < -0.4 is 10.7 Å². The summed E-state index contributed by atoms with van der Waals surface area (Å²) in [5, 5.41) is 3.65. The fourth-order valence-electron chi connectivity index (χ4n) is 2.55. The van der Waals surface area contributed by atoms with Crippen LogP contribution in [0.3, 0.4) is 0 Å². The molecular weight excluding hydrogens is 324 g/mol. The molecule has 0 bridgehead atoms. The SMILES string of the molecule is Br.COC(=O)c1cccc2[nH]c3c(c(=O)c12)CCNC3. The summed E-state index contributed by atoms with van der Waals surface area (Å²) in [7, 11) is 1.32. The Kier molecular flexibility index (Phi) is 4.25. The van der Waals surface area contributed by atoms with E-state index in [-0.39, 0.29) is 22.4 Å². The Hall–Kier alpha value is -1.66. The molecule has 0 atom stereocenters. The van der Waals surface area contributed by atoms with E-state index in [1.54, 1.807) is 18.2 Å². The molecule has 1 aliphatic heterocycles. The Balaban J connectivity index is 0.00000147. The van der Waals surface area contributed by atoms with E-state index >= 15 is 0 Å². The molecule has 0 amide bonds. The largest absolute Gasteiger partial charge is 0.465 e. The third-order valence-corrected chi connectivity index (χ3v) is 3.47. The second-order valence-electron chi connectivity index (χ2n) is 4.56. The van der Waals surface area contributed by atoms with Crippen molar-refractivity contribution >= 4 is 33.9 Å². The topological polar surface area (TPSA) is 71.2 Å². The molecule has 5 nitrogen and oxygen atoms in total. The first kappa shape index (κ1) is 14.7. The highest BCUT2D eigenvalue weighted by Crippen LogP contribution is 2.18. The summed E-state index contributed by atoms with van der Waals surface area (Å²) in [5.74, 6) is -0.481. The van der Waals surface area contributed by atoms with Gasteiger partial charge in [-0.1, -0.05) is 6.07 Å². The molecule has 20 heavy (non-hydrogen) atoms. The molecule has 0 unspecified atom stereocenters. The minimum atomic E-state index is -0.481. The molecule has 1 aromatic carbocycles. The second kappa shape index (κ2) is 5.76. The summed E-state index contributed by atoms with van der Waals surface area (Å²) in [6, 6.07) is 5.17. The van der Waals surface area contributed by atoms with Crippen molar-refractivity contribution in [1.29, 1.82) is 0 Å². The molecule has 1 aliphatic rings. The van der Waals surface area contributed by atoms with Gasteiger partial charge in [-0.15, -0.1) is 17.0 Å². The molecule has 2 aromatic rings. The maximum Gasteiger partial charge on any atom is 0.338 e. The lowest BCUT2D eigenvalue weighted by molar-refractivity contribution is 0.0603. The van der Waals surface area contributed by atoms with E-state index in [9.17, 15) is 9.59 Å². The Morgan fingerprint density at radius 1 is 1.35 bits per heavy atom. The van der Waals surface area contributed by atoms with Crippen molar-refractivity contribution in [3.63, 3.8) is 0 Å². The molecule has 2 N–H and O–H groups in total. The molecule has 2 heterocycles. The van der Waals surface area contributed by atoms with E-state index in [2.05, 4.69) is 10.3 Å². The van der Waals surface area contributed by atoms with E-state index in [1.165, 1.54) is 7.11 Å². The number of nitrogens with one attached hydrogen (secondary N) is 2. The number of pyridine rings is 1. The highest BCUT2D eigenvalue weighted by Gasteiger charge is 2.19. The normalized spacial score (nSPS) is 13.4. The highest BCUT2D eigenvalue weighted by molar-refractivity contribution is 8.93. The van der Waals surface area contributed by atoms with Gasteiger partial charge in [-0.05, 0) is 25.1 Å². The molecule has 0 radical (unpaired) electrons. The fraction of sp³-hybridized carbons (Fsp3) is 0.286. The first-order valence-corrected chi connectivity index (χ1v) is 6.18. The second-order valence-corrected chi connectivity index (χ2v) is 4.56.